The van der Waals surface area contributed by atoms with E-state index in [0.717, 1.165) is 18.4 Å². The lowest BCUT2D eigenvalue weighted by Crippen LogP contribution is -2.32. The number of rotatable bonds is 2. The van der Waals surface area contributed by atoms with Gasteiger partial charge >= 0.3 is 0 Å². The zero-order chi connectivity index (χ0) is 12.5. The molecule has 94 valence electrons. The van der Waals surface area contributed by atoms with E-state index in [0.29, 0.717) is 22.0 Å². The molecule has 0 saturated heterocycles. The Morgan fingerprint density at radius 3 is 2.94 bits per heavy atom. The van der Waals surface area contributed by atoms with Crippen LogP contribution in [-0.2, 0) is 0 Å². The van der Waals surface area contributed by atoms with E-state index < -0.39 is 0 Å². The highest BCUT2D eigenvalue weighted by Gasteiger charge is 2.18. The molecule has 1 fully saturated rings. The second-order valence-electron chi connectivity index (χ2n) is 4.68. The maximum atomic E-state index is 12.1. The van der Waals surface area contributed by atoms with Gasteiger partial charge in [0.25, 0.3) is 10.7 Å². The predicted molar refractivity (Wildman–Crippen MR) is 71.1 cm³/mol. The predicted octanol–water partition coefficient (Wildman–Crippen LogP) is 3.16. The summed E-state index contributed by atoms with van der Waals surface area (Å²) in [4.78, 5) is 15.3. The summed E-state index contributed by atoms with van der Waals surface area (Å²) in [6.07, 6.45) is 4.57. The summed E-state index contributed by atoms with van der Waals surface area (Å²) in [6.45, 7) is 0. The summed E-state index contributed by atoms with van der Waals surface area (Å²) in [7, 11) is 0. The highest BCUT2D eigenvalue weighted by Crippen LogP contribution is 2.19. The van der Waals surface area contributed by atoms with Crippen molar-refractivity contribution in [2.24, 2.45) is 0 Å². The van der Waals surface area contributed by atoms with Gasteiger partial charge in [0.15, 0.2) is 5.58 Å². The fraction of sp³-hybridized carbons (Fsp3) is 0.385. The van der Waals surface area contributed by atoms with Crippen molar-refractivity contribution in [3.63, 3.8) is 0 Å². The quantitative estimate of drug-likeness (QED) is 0.817. The smallest absolute Gasteiger partial charge is 0.266 e. The van der Waals surface area contributed by atoms with Crippen molar-refractivity contribution in [1.82, 2.24) is 10.3 Å². The van der Waals surface area contributed by atoms with Crippen LogP contribution in [0.4, 0.5) is 0 Å². The monoisotopic (exact) mass is 262 g/mol. The van der Waals surface area contributed by atoms with Gasteiger partial charge < -0.3 is 14.7 Å². The molecular weight excluding hydrogens is 248 g/mol. The van der Waals surface area contributed by atoms with Gasteiger partial charge in [-0.15, -0.1) is 0 Å². The maximum Gasteiger partial charge on any atom is 0.266 e. The molecule has 0 unspecified atom stereocenters. The normalized spacial score (nSPS) is 16.2. The molecule has 3 rings (SSSR count). The van der Waals surface area contributed by atoms with Crippen molar-refractivity contribution in [1.29, 1.82) is 0 Å². The summed E-state index contributed by atoms with van der Waals surface area (Å²) < 4.78 is 5.31. The van der Waals surface area contributed by atoms with Crippen LogP contribution in [0.2, 0.25) is 0 Å². The second-order valence-corrected chi connectivity index (χ2v) is 5.05. The Morgan fingerprint density at radius 1 is 1.39 bits per heavy atom. The Bertz CT molecular complexity index is 638. The molecule has 0 radical (unpaired) electrons. The number of amides is 1. The minimum Gasteiger partial charge on any atom is -0.429 e. The van der Waals surface area contributed by atoms with Crippen molar-refractivity contribution in [2.75, 3.05) is 0 Å². The Hall–Kier alpha value is -1.62. The lowest BCUT2D eigenvalue weighted by Gasteiger charge is -2.11. The molecule has 1 saturated carbocycles. The zero-order valence-electron chi connectivity index (χ0n) is 9.86. The summed E-state index contributed by atoms with van der Waals surface area (Å²) in [5.41, 5.74) is 2.06. The summed E-state index contributed by atoms with van der Waals surface area (Å²) in [6, 6.07) is 5.66. The number of fused-ring (bicyclic) bond motifs is 1. The molecule has 1 aromatic heterocycles. The maximum absolute atomic E-state index is 12.1. The lowest BCUT2D eigenvalue weighted by molar-refractivity contribution is 0.0938. The zero-order valence-corrected chi connectivity index (χ0v) is 10.7. The second kappa shape index (κ2) is 4.57. The molecule has 0 atom stereocenters. The highest BCUT2D eigenvalue weighted by molar-refractivity contribution is 7.71. The average Bonchev–Trinajstić information content (AvgIpc) is 2.95. The SMILES string of the molecule is O=C(NC1CCCC1)c1ccc2[nH]c(=S)oc2c1. The fourth-order valence-electron chi connectivity index (χ4n) is 2.43. The van der Waals surface area contributed by atoms with Crippen LogP contribution >= 0.6 is 12.2 Å². The van der Waals surface area contributed by atoms with Gasteiger partial charge in [0.05, 0.1) is 5.52 Å². The number of oxazole rings is 1. The number of aromatic amines is 1. The molecule has 1 aromatic carbocycles. The van der Waals surface area contributed by atoms with E-state index in [4.69, 9.17) is 16.6 Å². The van der Waals surface area contributed by atoms with Crippen LogP contribution in [0, 0.1) is 4.84 Å². The van der Waals surface area contributed by atoms with E-state index in [1.807, 2.05) is 6.07 Å². The standard InChI is InChI=1S/C13H14N2O2S/c16-12(14-9-3-1-2-4-9)8-5-6-10-11(7-8)17-13(18)15-10/h5-7,9H,1-4H2,(H,14,16)(H,15,18). The van der Waals surface area contributed by atoms with E-state index >= 15 is 0 Å². The number of hydrogen-bond acceptors (Lipinski definition) is 3. The van der Waals surface area contributed by atoms with E-state index in [1.165, 1.54) is 12.8 Å². The summed E-state index contributed by atoms with van der Waals surface area (Å²) in [5.74, 6) is -0.0360. The van der Waals surface area contributed by atoms with Crippen LogP contribution in [-0.4, -0.2) is 16.9 Å². The van der Waals surface area contributed by atoms with Gasteiger partial charge in [0, 0.05) is 11.6 Å². The number of aromatic nitrogens is 1. The largest absolute Gasteiger partial charge is 0.429 e. The first-order chi connectivity index (χ1) is 8.72. The molecule has 0 spiro atoms. The van der Waals surface area contributed by atoms with Gasteiger partial charge in [-0.2, -0.15) is 0 Å². The van der Waals surface area contributed by atoms with Crippen molar-refractivity contribution in [3.05, 3.63) is 28.6 Å². The molecule has 4 nitrogen and oxygen atoms in total. The molecule has 1 heterocycles. The van der Waals surface area contributed by atoms with Gasteiger partial charge in [-0.05, 0) is 43.3 Å². The van der Waals surface area contributed by atoms with Gasteiger partial charge in [-0.3, -0.25) is 4.79 Å². The van der Waals surface area contributed by atoms with Gasteiger partial charge in [0.2, 0.25) is 0 Å². The van der Waals surface area contributed by atoms with Crippen LogP contribution in [0.25, 0.3) is 11.1 Å². The minimum atomic E-state index is -0.0360. The van der Waals surface area contributed by atoms with Crippen molar-refractivity contribution in [3.8, 4) is 0 Å². The lowest BCUT2D eigenvalue weighted by atomic mass is 10.1. The molecule has 1 aliphatic carbocycles. The van der Waals surface area contributed by atoms with Crippen LogP contribution in [0.3, 0.4) is 0 Å². The van der Waals surface area contributed by atoms with Crippen LogP contribution in [0.5, 0.6) is 0 Å². The number of benzene rings is 1. The first-order valence-corrected chi connectivity index (χ1v) is 6.57. The van der Waals surface area contributed by atoms with Crippen LogP contribution in [0.15, 0.2) is 22.6 Å². The number of H-pyrrole nitrogens is 1. The van der Waals surface area contributed by atoms with Crippen molar-refractivity contribution < 1.29 is 9.21 Å². The van der Waals surface area contributed by atoms with Crippen molar-refractivity contribution in [2.45, 2.75) is 31.7 Å². The molecule has 0 aliphatic heterocycles. The Balaban J connectivity index is 1.84. The summed E-state index contributed by atoms with van der Waals surface area (Å²) >= 11 is 4.91. The van der Waals surface area contributed by atoms with Gasteiger partial charge in [-0.25, -0.2) is 0 Å². The van der Waals surface area contributed by atoms with Crippen LogP contribution in [0.1, 0.15) is 36.0 Å². The third kappa shape index (κ3) is 2.18. The molecule has 18 heavy (non-hydrogen) atoms. The van der Waals surface area contributed by atoms with E-state index in [2.05, 4.69) is 10.3 Å². The molecule has 0 bridgehead atoms. The molecule has 2 aromatic rings. The highest BCUT2D eigenvalue weighted by atomic mass is 32.1. The number of hydrogen-bond donors (Lipinski definition) is 2. The minimum absolute atomic E-state index is 0.0360. The topological polar surface area (TPSA) is 58.0 Å². The fourth-order valence-corrected chi connectivity index (χ4v) is 2.63. The number of nitrogens with one attached hydrogen (secondary N) is 2. The van der Waals surface area contributed by atoms with Gasteiger partial charge in [-0.1, -0.05) is 12.8 Å². The first kappa shape index (κ1) is 11.5. The third-order valence-electron chi connectivity index (χ3n) is 3.37. The van der Waals surface area contributed by atoms with E-state index in [9.17, 15) is 4.79 Å². The molecule has 1 amide bonds. The molecule has 5 heteroatoms. The Labute approximate surface area is 109 Å². The first-order valence-electron chi connectivity index (χ1n) is 6.16. The summed E-state index contributed by atoms with van der Waals surface area (Å²) in [5, 5.41) is 3.05. The van der Waals surface area contributed by atoms with E-state index in [1.54, 1.807) is 12.1 Å². The van der Waals surface area contributed by atoms with Crippen molar-refractivity contribution >= 4 is 29.2 Å². The Kier molecular flexibility index (Phi) is 2.91. The third-order valence-corrected chi connectivity index (χ3v) is 3.56. The number of carbonyl (C=O) groups is 1. The Morgan fingerprint density at radius 2 is 2.17 bits per heavy atom. The van der Waals surface area contributed by atoms with Crippen LogP contribution < -0.4 is 5.32 Å². The molecule has 2 N–H and O–H groups in total. The van der Waals surface area contributed by atoms with E-state index in [-0.39, 0.29) is 5.91 Å². The van der Waals surface area contributed by atoms with Gasteiger partial charge in [0.1, 0.15) is 0 Å². The molecular formula is C13H14N2O2S. The number of carbonyl (C=O) groups excluding carboxylic acids is 1. The average molecular weight is 262 g/mol. The molecule has 1 aliphatic rings.